The predicted octanol–water partition coefficient (Wildman–Crippen LogP) is 26.0. The number of hydrogen-bond donors (Lipinski definition) is 0. The third-order valence-corrected chi connectivity index (χ3v) is 23.0. The highest BCUT2D eigenvalue weighted by molar-refractivity contribution is 6.19. The fraction of sp³-hybridized carbons (Fsp3) is 0.106. The topological polar surface area (TPSA) is 45.9 Å². The zero-order valence-electron chi connectivity index (χ0n) is 55.3. The predicted molar refractivity (Wildman–Crippen MR) is 412 cm³/mol. The van der Waals surface area contributed by atoms with Crippen molar-refractivity contribution >= 4 is 132 Å². The lowest BCUT2D eigenvalue weighted by molar-refractivity contribution is 0.392. The molecule has 0 radical (unpaired) electrons. The Labute approximate surface area is 573 Å². The molecule has 0 N–H and O–H groups in total. The highest BCUT2D eigenvalue weighted by Gasteiger charge is 2.47. The average molecular weight is 1270 g/mol. The van der Waals surface area contributed by atoms with Crippen molar-refractivity contribution in [2.75, 3.05) is 9.80 Å². The van der Waals surface area contributed by atoms with Crippen LogP contribution in [-0.2, 0) is 10.8 Å². The van der Waals surface area contributed by atoms with Gasteiger partial charge in [0.2, 0.25) is 0 Å². The van der Waals surface area contributed by atoms with Crippen molar-refractivity contribution in [3.63, 3.8) is 0 Å². The molecule has 0 aliphatic heterocycles. The zero-order chi connectivity index (χ0) is 65.6. The van der Waals surface area contributed by atoms with E-state index in [2.05, 4.69) is 335 Å². The van der Waals surface area contributed by atoms with E-state index < -0.39 is 0 Å². The minimum absolute atomic E-state index is 0.0977. The fourth-order valence-corrected chi connectivity index (χ4v) is 17.9. The van der Waals surface area contributed by atoms with Crippen LogP contribution in [0.2, 0.25) is 0 Å². The molecule has 16 aromatic rings. The molecule has 0 saturated heterocycles. The van der Waals surface area contributed by atoms with Crippen LogP contribution in [-0.4, -0.2) is 0 Å². The average Bonchev–Trinajstić information content (AvgIpc) is 1.57. The van der Waals surface area contributed by atoms with E-state index in [-0.39, 0.29) is 22.7 Å². The summed E-state index contributed by atoms with van der Waals surface area (Å²) < 4.78 is 20.9. The quantitative estimate of drug-likeness (QED) is 0.152. The van der Waals surface area contributed by atoms with Crippen LogP contribution in [0.1, 0.15) is 67.9 Å². The van der Waals surface area contributed by atoms with Crippen LogP contribution in [0.3, 0.4) is 0 Å². The summed E-state index contributed by atoms with van der Waals surface area (Å²) >= 11 is 0. The van der Waals surface area contributed by atoms with E-state index >= 15 is 0 Å². The molecule has 21 rings (SSSR count). The van der Waals surface area contributed by atoms with Crippen LogP contribution in [0.4, 0.5) is 28.4 Å². The first-order chi connectivity index (χ1) is 48.5. The molecule has 3 atom stereocenters. The summed E-state index contributed by atoms with van der Waals surface area (Å²) in [5, 5.41) is 13.7. The van der Waals surface area contributed by atoms with Gasteiger partial charge in [0, 0.05) is 95.8 Å². The minimum Gasteiger partial charge on any atom is -0.456 e. The van der Waals surface area contributed by atoms with E-state index in [1.54, 1.807) is 0 Å². The van der Waals surface area contributed by atoms with E-state index in [1.165, 1.54) is 93.5 Å². The summed E-state index contributed by atoms with van der Waals surface area (Å²) in [6.07, 6.45) is 21.8. The monoisotopic (exact) mass is 1270 g/mol. The minimum atomic E-state index is -0.212. The van der Waals surface area contributed by atoms with Crippen molar-refractivity contribution in [2.45, 2.75) is 50.9 Å². The lowest BCUT2D eigenvalue weighted by atomic mass is 9.74. The van der Waals surface area contributed by atoms with Gasteiger partial charge < -0.3 is 23.1 Å². The summed E-state index contributed by atoms with van der Waals surface area (Å²) in [5.74, 6) is 0.906. The third kappa shape index (κ3) is 8.47. The summed E-state index contributed by atoms with van der Waals surface area (Å²) in [4.78, 5) is 4.81. The highest BCUT2D eigenvalue weighted by atomic mass is 16.3. The molecule has 470 valence electrons. The van der Waals surface area contributed by atoms with Gasteiger partial charge in [0.1, 0.15) is 33.5 Å². The van der Waals surface area contributed by atoms with Gasteiger partial charge in [-0.05, 0) is 208 Å². The first-order valence-corrected chi connectivity index (χ1v) is 34.8. The SMILES string of the molecule is CC1(C)c2cc(N(c3ccc(C4=CC=C5C=CC=CC5C4)cc3)c3ccc4c(c3)oc3cc5c(cc34)oc3cc4c(cc35)oc3cc(N(C5=CC6C(C=C5)c5c(ccc7ccccc57)C6(C)C)c5ccc(-c6ccc7ccccc7c6)cc5)ccc34)ccc2-c2c1ccc1ccccc21. The van der Waals surface area contributed by atoms with Crippen molar-refractivity contribution < 1.29 is 13.3 Å². The van der Waals surface area contributed by atoms with Crippen LogP contribution in [0.15, 0.2) is 322 Å². The van der Waals surface area contributed by atoms with Crippen LogP contribution in [0.5, 0.6) is 0 Å². The molecule has 0 amide bonds. The summed E-state index contributed by atoms with van der Waals surface area (Å²) in [7, 11) is 0. The molecule has 5 aliphatic rings. The maximum absolute atomic E-state index is 7.02. The molecule has 0 spiro atoms. The van der Waals surface area contributed by atoms with Gasteiger partial charge >= 0.3 is 0 Å². The Balaban J connectivity index is 0.650. The molecular formula is C94H66N2O3. The van der Waals surface area contributed by atoms with Crippen molar-refractivity contribution in [1.82, 2.24) is 0 Å². The number of furan rings is 3. The summed E-state index contributed by atoms with van der Waals surface area (Å²) in [5.41, 5.74) is 25.5. The maximum Gasteiger partial charge on any atom is 0.137 e. The largest absolute Gasteiger partial charge is 0.456 e. The Bertz CT molecular complexity index is 6410. The Morgan fingerprint density at radius 1 is 0.374 bits per heavy atom. The van der Waals surface area contributed by atoms with E-state index in [0.29, 0.717) is 5.92 Å². The van der Waals surface area contributed by atoms with Gasteiger partial charge in [0.15, 0.2) is 0 Å². The van der Waals surface area contributed by atoms with Crippen molar-refractivity contribution in [3.05, 3.63) is 336 Å². The van der Waals surface area contributed by atoms with Crippen molar-refractivity contribution in [2.24, 2.45) is 11.8 Å². The number of benzene rings is 13. The molecule has 5 nitrogen and oxygen atoms in total. The van der Waals surface area contributed by atoms with Crippen LogP contribution >= 0.6 is 0 Å². The van der Waals surface area contributed by atoms with E-state index in [0.717, 1.165) is 106 Å². The molecular weight excluding hydrogens is 1210 g/mol. The van der Waals surface area contributed by atoms with E-state index in [9.17, 15) is 0 Å². The molecule has 3 heterocycles. The fourth-order valence-electron chi connectivity index (χ4n) is 17.9. The Morgan fingerprint density at radius 2 is 0.909 bits per heavy atom. The number of hydrogen-bond acceptors (Lipinski definition) is 5. The molecule has 5 aliphatic carbocycles. The number of rotatable bonds is 8. The lowest BCUT2D eigenvalue weighted by Crippen LogP contribution is -2.28. The van der Waals surface area contributed by atoms with Gasteiger partial charge in [-0.3, -0.25) is 0 Å². The molecule has 0 bridgehead atoms. The van der Waals surface area contributed by atoms with Gasteiger partial charge in [-0.25, -0.2) is 0 Å². The molecule has 99 heavy (non-hydrogen) atoms. The first-order valence-electron chi connectivity index (χ1n) is 34.8. The molecule has 3 aromatic heterocycles. The smallest absolute Gasteiger partial charge is 0.137 e. The standard InChI is InChI=1S/C94H66N2O3/c1-93(2)81-43-29-59-15-9-11-19-71(59)91(81)75-41-37-67(47-83(75)93)95(65-31-25-57(26-32-65)63-23-21-55-13-5-7-17-61(55)45-63)69-35-39-73-77-51-89-79(53-87(77)97-85(73)49-69)80-54-88-78(52-90(80)99-89)74-40-36-70(50-86(74)98-88)96(66-33-27-58(28-34-66)64-24-22-56-14-6-8-18-62(56)46-64)68-38-42-76-84(48-68)94(3,4)82-44-30-60-16-10-12-20-72(60)92(76)82/h5-45,47-54,62,75,83H,46H2,1-4H3. The van der Waals surface area contributed by atoms with E-state index in [4.69, 9.17) is 13.3 Å². The van der Waals surface area contributed by atoms with E-state index in [1.807, 2.05) is 0 Å². The molecule has 5 heteroatoms. The Kier molecular flexibility index (Phi) is 11.8. The molecule has 13 aromatic carbocycles. The second-order valence-corrected chi connectivity index (χ2v) is 29.1. The second kappa shape index (κ2) is 20.8. The van der Waals surface area contributed by atoms with Crippen LogP contribution in [0.25, 0.3) is 126 Å². The van der Waals surface area contributed by atoms with Gasteiger partial charge in [0.25, 0.3) is 0 Å². The molecule has 3 unspecified atom stereocenters. The number of fused-ring (bicyclic) bond motifs is 21. The second-order valence-electron chi connectivity index (χ2n) is 29.1. The number of allylic oxidation sites excluding steroid dienone is 11. The van der Waals surface area contributed by atoms with Gasteiger partial charge in [0.05, 0.1) is 0 Å². The van der Waals surface area contributed by atoms with Gasteiger partial charge in [-0.15, -0.1) is 0 Å². The first kappa shape index (κ1) is 56.3. The highest BCUT2D eigenvalue weighted by Crippen LogP contribution is 2.58. The van der Waals surface area contributed by atoms with Gasteiger partial charge in [-0.2, -0.15) is 0 Å². The number of anilines is 5. The van der Waals surface area contributed by atoms with Gasteiger partial charge in [-0.1, -0.05) is 216 Å². The van der Waals surface area contributed by atoms with Crippen LogP contribution < -0.4 is 9.80 Å². The zero-order valence-corrected chi connectivity index (χ0v) is 55.3. The Hall–Kier alpha value is -11.9. The molecule has 0 saturated carbocycles. The normalized spacial score (nSPS) is 17.8. The third-order valence-electron chi connectivity index (χ3n) is 23.0. The Morgan fingerprint density at radius 3 is 1.61 bits per heavy atom. The maximum atomic E-state index is 7.02. The summed E-state index contributed by atoms with van der Waals surface area (Å²) in [6, 6.07) is 89.6. The summed E-state index contributed by atoms with van der Waals surface area (Å²) in [6.45, 7) is 9.60. The van der Waals surface area contributed by atoms with Crippen molar-refractivity contribution in [3.8, 4) is 22.3 Å². The molecule has 0 fully saturated rings. The lowest BCUT2D eigenvalue weighted by Gasteiger charge is -2.34. The van der Waals surface area contributed by atoms with Crippen LogP contribution in [0, 0.1) is 11.8 Å². The number of nitrogens with zero attached hydrogens (tertiary/aromatic N) is 2. The van der Waals surface area contributed by atoms with Crippen molar-refractivity contribution in [1.29, 1.82) is 0 Å².